The van der Waals surface area contributed by atoms with Crippen molar-refractivity contribution in [2.75, 3.05) is 0 Å². The zero-order valence-electron chi connectivity index (χ0n) is 13.7. The zero-order valence-corrected chi connectivity index (χ0v) is 13.7. The van der Waals surface area contributed by atoms with E-state index >= 15 is 0 Å². The van der Waals surface area contributed by atoms with Gasteiger partial charge in [0.1, 0.15) is 11.6 Å². The minimum atomic E-state index is 0.250. The number of rotatable bonds is 2. The Bertz CT molecular complexity index is 751. The summed E-state index contributed by atoms with van der Waals surface area (Å²) in [4.78, 5) is 15.1. The Labute approximate surface area is 136 Å². The molecule has 1 aromatic heterocycles. The van der Waals surface area contributed by atoms with Gasteiger partial charge in [-0.25, -0.2) is 0 Å². The molecule has 120 valence electrons. The van der Waals surface area contributed by atoms with E-state index in [4.69, 9.17) is 0 Å². The summed E-state index contributed by atoms with van der Waals surface area (Å²) in [5.74, 6) is 2.24. The second-order valence-electron chi connectivity index (χ2n) is 6.83. The summed E-state index contributed by atoms with van der Waals surface area (Å²) in [5, 5.41) is 8.49. The molecule has 2 aromatic rings. The molecule has 0 saturated carbocycles. The summed E-state index contributed by atoms with van der Waals surface area (Å²) in [7, 11) is 0. The summed E-state index contributed by atoms with van der Waals surface area (Å²) in [5.41, 5.74) is 2.31. The molecule has 0 unspecified atom stereocenters. The lowest BCUT2D eigenvalue weighted by molar-refractivity contribution is -0.133. The molecular formula is C18H22N4O. The van der Waals surface area contributed by atoms with Crippen LogP contribution < -0.4 is 0 Å². The number of fused-ring (bicyclic) bond motifs is 3. The molecule has 1 saturated heterocycles. The second-order valence-corrected chi connectivity index (χ2v) is 6.83. The highest BCUT2D eigenvalue weighted by Gasteiger charge is 2.40. The van der Waals surface area contributed by atoms with Crippen LogP contribution in [0.25, 0.3) is 0 Å². The first-order valence-electron chi connectivity index (χ1n) is 8.37. The third kappa shape index (κ3) is 2.54. The van der Waals surface area contributed by atoms with Crippen molar-refractivity contribution >= 4 is 5.91 Å². The molecule has 2 aliphatic rings. The summed E-state index contributed by atoms with van der Waals surface area (Å²) >= 11 is 0. The van der Waals surface area contributed by atoms with Crippen molar-refractivity contribution in [3.05, 3.63) is 47.0 Å². The molecule has 3 heterocycles. The number of hydrogen-bond donors (Lipinski definition) is 0. The van der Waals surface area contributed by atoms with E-state index in [1.807, 2.05) is 19.1 Å². The van der Waals surface area contributed by atoms with E-state index in [1.54, 1.807) is 0 Å². The van der Waals surface area contributed by atoms with Gasteiger partial charge in [-0.2, -0.15) is 0 Å². The third-order valence-electron chi connectivity index (χ3n) is 5.17. The normalized spacial score (nSPS) is 22.8. The summed E-state index contributed by atoms with van der Waals surface area (Å²) < 4.78 is 2.19. The highest BCUT2D eigenvalue weighted by molar-refractivity contribution is 5.80. The average Bonchev–Trinajstić information content (AvgIpc) is 2.99. The molecule has 2 aliphatic heterocycles. The van der Waals surface area contributed by atoms with Gasteiger partial charge in [0.15, 0.2) is 0 Å². The topological polar surface area (TPSA) is 51.0 Å². The maximum atomic E-state index is 12.9. The van der Waals surface area contributed by atoms with E-state index in [-0.39, 0.29) is 18.0 Å². The summed E-state index contributed by atoms with van der Waals surface area (Å²) in [6, 6.07) is 8.81. The summed E-state index contributed by atoms with van der Waals surface area (Å²) in [6.07, 6.45) is 3.49. The van der Waals surface area contributed by atoms with E-state index < -0.39 is 0 Å². The minimum absolute atomic E-state index is 0.250. The molecule has 23 heavy (non-hydrogen) atoms. The van der Waals surface area contributed by atoms with Crippen molar-refractivity contribution < 1.29 is 4.79 Å². The monoisotopic (exact) mass is 310 g/mol. The zero-order chi connectivity index (χ0) is 16.0. The smallest absolute Gasteiger partial charge is 0.227 e. The fourth-order valence-electron chi connectivity index (χ4n) is 4.07. The Morgan fingerprint density at radius 2 is 2.04 bits per heavy atom. The van der Waals surface area contributed by atoms with Gasteiger partial charge in [0, 0.05) is 19.0 Å². The van der Waals surface area contributed by atoms with Gasteiger partial charge < -0.3 is 9.47 Å². The number of aryl methyl sites for hydroxylation is 2. The van der Waals surface area contributed by atoms with Gasteiger partial charge in [0.2, 0.25) is 5.91 Å². The van der Waals surface area contributed by atoms with Crippen LogP contribution in [0.15, 0.2) is 24.3 Å². The van der Waals surface area contributed by atoms with Crippen LogP contribution in [0.3, 0.4) is 0 Å². The SMILES string of the molecule is Cc1cccc(CC(=O)N2[C@@H]3CC[C@H]2Cc2nnc(C)n2C3)c1. The first-order valence-corrected chi connectivity index (χ1v) is 8.37. The molecule has 4 rings (SSSR count). The van der Waals surface area contributed by atoms with Gasteiger partial charge in [-0.3, -0.25) is 4.79 Å². The van der Waals surface area contributed by atoms with Crippen molar-refractivity contribution in [2.24, 2.45) is 0 Å². The third-order valence-corrected chi connectivity index (χ3v) is 5.17. The van der Waals surface area contributed by atoms with Gasteiger partial charge in [0.25, 0.3) is 0 Å². The number of nitrogens with zero attached hydrogens (tertiary/aromatic N) is 4. The first-order chi connectivity index (χ1) is 11.1. The van der Waals surface area contributed by atoms with E-state index in [2.05, 4.69) is 38.7 Å². The summed E-state index contributed by atoms with van der Waals surface area (Å²) in [6.45, 7) is 4.90. The van der Waals surface area contributed by atoms with Gasteiger partial charge in [-0.15, -0.1) is 10.2 Å². The number of amides is 1. The molecule has 1 amide bonds. The quantitative estimate of drug-likeness (QED) is 0.853. The Kier molecular flexibility index (Phi) is 3.43. The lowest BCUT2D eigenvalue weighted by atomic mass is 10.1. The maximum Gasteiger partial charge on any atom is 0.227 e. The van der Waals surface area contributed by atoms with Crippen LogP contribution in [-0.4, -0.2) is 37.7 Å². The molecule has 1 aromatic carbocycles. The van der Waals surface area contributed by atoms with Crippen LogP contribution in [0, 0.1) is 13.8 Å². The Hall–Kier alpha value is -2.17. The first kappa shape index (κ1) is 14.4. The van der Waals surface area contributed by atoms with Crippen LogP contribution in [0.4, 0.5) is 0 Å². The maximum absolute atomic E-state index is 12.9. The van der Waals surface area contributed by atoms with Crippen molar-refractivity contribution in [3.8, 4) is 0 Å². The highest BCUT2D eigenvalue weighted by atomic mass is 16.2. The van der Waals surface area contributed by atoms with E-state index in [0.717, 1.165) is 43.0 Å². The van der Waals surface area contributed by atoms with Crippen LogP contribution >= 0.6 is 0 Å². The Morgan fingerprint density at radius 3 is 2.87 bits per heavy atom. The lowest BCUT2D eigenvalue weighted by Crippen LogP contribution is -2.43. The number of benzene rings is 1. The largest absolute Gasteiger partial charge is 0.334 e. The second kappa shape index (κ2) is 5.48. The standard InChI is InChI=1S/C18H22N4O/c1-12-4-3-5-14(8-12)9-18(23)22-15-6-7-16(22)11-21-13(2)19-20-17(21)10-15/h3-5,8,15-16H,6-7,9-11H2,1-2H3/t15-,16+/m0/s1. The molecule has 0 radical (unpaired) electrons. The predicted octanol–water partition coefficient (Wildman–Crippen LogP) is 2.05. The fraction of sp³-hybridized carbons (Fsp3) is 0.500. The molecule has 0 N–H and O–H groups in total. The molecule has 0 spiro atoms. The molecule has 2 atom stereocenters. The van der Waals surface area contributed by atoms with Crippen molar-refractivity contribution in [2.45, 2.75) is 58.2 Å². The molecule has 5 heteroatoms. The van der Waals surface area contributed by atoms with E-state index in [1.165, 1.54) is 5.56 Å². The fourth-order valence-corrected chi connectivity index (χ4v) is 4.07. The van der Waals surface area contributed by atoms with Crippen LogP contribution in [0.5, 0.6) is 0 Å². The lowest BCUT2D eigenvalue weighted by Gasteiger charge is -2.28. The van der Waals surface area contributed by atoms with Crippen LogP contribution in [0.1, 0.15) is 35.6 Å². The number of carbonyl (C=O) groups is 1. The van der Waals surface area contributed by atoms with Gasteiger partial charge in [0.05, 0.1) is 12.5 Å². The van der Waals surface area contributed by atoms with E-state index in [9.17, 15) is 4.79 Å². The van der Waals surface area contributed by atoms with Crippen LogP contribution in [-0.2, 0) is 24.2 Å². The Balaban J connectivity index is 1.57. The number of carbonyl (C=O) groups excluding carboxylic acids is 1. The van der Waals surface area contributed by atoms with E-state index in [0.29, 0.717) is 6.42 Å². The van der Waals surface area contributed by atoms with Gasteiger partial charge in [-0.05, 0) is 32.3 Å². The number of aromatic nitrogens is 3. The molecular weight excluding hydrogens is 288 g/mol. The highest BCUT2D eigenvalue weighted by Crippen LogP contribution is 2.32. The Morgan fingerprint density at radius 1 is 1.22 bits per heavy atom. The van der Waals surface area contributed by atoms with Crippen molar-refractivity contribution in [1.82, 2.24) is 19.7 Å². The molecule has 5 nitrogen and oxygen atoms in total. The van der Waals surface area contributed by atoms with Gasteiger partial charge >= 0.3 is 0 Å². The minimum Gasteiger partial charge on any atom is -0.334 e. The average molecular weight is 310 g/mol. The van der Waals surface area contributed by atoms with Crippen molar-refractivity contribution in [3.63, 3.8) is 0 Å². The van der Waals surface area contributed by atoms with Gasteiger partial charge in [-0.1, -0.05) is 29.8 Å². The molecule has 1 fully saturated rings. The number of hydrogen-bond acceptors (Lipinski definition) is 3. The van der Waals surface area contributed by atoms with Crippen LogP contribution in [0.2, 0.25) is 0 Å². The molecule has 2 bridgehead atoms. The predicted molar refractivity (Wildman–Crippen MR) is 87.0 cm³/mol. The molecule has 0 aliphatic carbocycles. The van der Waals surface area contributed by atoms with Crippen molar-refractivity contribution in [1.29, 1.82) is 0 Å².